The quantitative estimate of drug-likeness (QED) is 0.0914. The van der Waals surface area contributed by atoms with Crippen LogP contribution in [0.3, 0.4) is 0 Å². The summed E-state index contributed by atoms with van der Waals surface area (Å²) in [5, 5.41) is 0.678. The van der Waals surface area contributed by atoms with Crippen LogP contribution in [0.2, 0.25) is 0 Å². The topological polar surface area (TPSA) is 105 Å². The third kappa shape index (κ3) is 8.03. The van der Waals surface area contributed by atoms with Crippen molar-refractivity contribution >= 4 is 38.2 Å². The maximum absolute atomic E-state index is 13.6. The minimum Gasteiger partial charge on any atom is -0.381 e. The first kappa shape index (κ1) is 33.4. The van der Waals surface area contributed by atoms with Crippen LogP contribution in [-0.4, -0.2) is 38.2 Å². The van der Waals surface area contributed by atoms with Crippen molar-refractivity contribution in [1.82, 2.24) is 4.98 Å². The number of hydrogen-bond donors (Lipinski definition) is 2. The molecule has 0 radical (unpaired) electrons. The standard InChI is InChI=1S/C38H44N2O5S/c1-26(41)28-11-9-12-29(24-28)36-33-25-31(40-46(43,44)32-17-14-30(15-18-32)38(2,3)4)16-19-34(33)39-37(36)35(42)13-8-6-5-7-10-27-20-22-45-23-21-27/h8-9,11-19,24-25,27,39-40H,5-7,10,20-23H2,1-4H3/b13-8+. The number of unbranched alkanes of at least 4 members (excludes halogenated alkanes) is 2. The Bertz CT molecular complexity index is 1840. The van der Waals surface area contributed by atoms with Crippen molar-refractivity contribution in [1.29, 1.82) is 0 Å². The van der Waals surface area contributed by atoms with Gasteiger partial charge in [-0.15, -0.1) is 0 Å². The molecule has 0 unspecified atom stereocenters. The number of allylic oxidation sites excluding steroid dienone is 2. The molecule has 1 fully saturated rings. The van der Waals surface area contributed by atoms with Crippen LogP contribution in [0.5, 0.6) is 0 Å². The van der Waals surface area contributed by atoms with Gasteiger partial charge in [0.15, 0.2) is 5.78 Å². The van der Waals surface area contributed by atoms with E-state index in [1.807, 2.05) is 24.3 Å². The van der Waals surface area contributed by atoms with E-state index in [1.54, 1.807) is 54.6 Å². The Kier molecular flexibility index (Phi) is 10.3. The summed E-state index contributed by atoms with van der Waals surface area (Å²) >= 11 is 0. The van der Waals surface area contributed by atoms with Crippen LogP contribution < -0.4 is 4.72 Å². The first-order valence-electron chi connectivity index (χ1n) is 16.1. The lowest BCUT2D eigenvalue weighted by Gasteiger charge is -2.21. The van der Waals surface area contributed by atoms with Gasteiger partial charge in [-0.1, -0.05) is 70.0 Å². The number of sulfonamides is 1. The fourth-order valence-corrected chi connectivity index (χ4v) is 7.04. The van der Waals surface area contributed by atoms with Gasteiger partial charge < -0.3 is 9.72 Å². The molecule has 1 aliphatic rings. The third-order valence-corrected chi connectivity index (χ3v) is 10.1. The molecule has 4 aromatic rings. The number of nitrogens with one attached hydrogen (secondary N) is 2. The number of ketones is 2. The molecule has 0 aliphatic carbocycles. The molecular weight excluding hydrogens is 596 g/mol. The average molecular weight is 641 g/mol. The molecule has 8 heteroatoms. The number of aromatic nitrogens is 1. The zero-order valence-corrected chi connectivity index (χ0v) is 28.0. The number of carbonyl (C=O) groups excluding carboxylic acids is 2. The molecule has 1 aliphatic heterocycles. The highest BCUT2D eigenvalue weighted by molar-refractivity contribution is 7.92. The van der Waals surface area contributed by atoms with Gasteiger partial charge >= 0.3 is 0 Å². The summed E-state index contributed by atoms with van der Waals surface area (Å²) in [5.74, 6) is 0.480. The number of hydrogen-bond acceptors (Lipinski definition) is 5. The van der Waals surface area contributed by atoms with Gasteiger partial charge in [-0.25, -0.2) is 8.42 Å². The summed E-state index contributed by atoms with van der Waals surface area (Å²) in [6.45, 7) is 9.46. The van der Waals surface area contributed by atoms with Gasteiger partial charge in [0, 0.05) is 40.9 Å². The van der Waals surface area contributed by atoms with Crippen molar-refractivity contribution in [3.8, 4) is 11.1 Å². The van der Waals surface area contributed by atoms with E-state index in [-0.39, 0.29) is 21.9 Å². The molecule has 2 N–H and O–H groups in total. The Labute approximate surface area is 272 Å². The largest absolute Gasteiger partial charge is 0.381 e. The second kappa shape index (κ2) is 14.2. The van der Waals surface area contributed by atoms with Gasteiger partial charge in [-0.05, 0) is 97.5 Å². The monoisotopic (exact) mass is 640 g/mol. The van der Waals surface area contributed by atoms with Crippen LogP contribution >= 0.6 is 0 Å². The predicted molar refractivity (Wildman–Crippen MR) is 185 cm³/mol. The second-order valence-electron chi connectivity index (χ2n) is 13.3. The number of fused-ring (bicyclic) bond motifs is 1. The zero-order chi connectivity index (χ0) is 32.9. The van der Waals surface area contributed by atoms with Crippen molar-refractivity contribution in [2.45, 2.75) is 76.5 Å². The molecular formula is C38H44N2O5S. The van der Waals surface area contributed by atoms with Crippen LogP contribution in [-0.2, 0) is 20.2 Å². The summed E-state index contributed by atoms with van der Waals surface area (Å²) in [7, 11) is -3.87. The second-order valence-corrected chi connectivity index (χ2v) is 14.9. The van der Waals surface area contributed by atoms with Gasteiger partial charge in [-0.3, -0.25) is 14.3 Å². The summed E-state index contributed by atoms with van der Waals surface area (Å²) in [4.78, 5) is 29.3. The van der Waals surface area contributed by atoms with E-state index in [0.29, 0.717) is 39.0 Å². The first-order valence-corrected chi connectivity index (χ1v) is 17.6. The Balaban J connectivity index is 1.41. The summed E-state index contributed by atoms with van der Waals surface area (Å²) in [6.07, 6.45) is 9.96. The van der Waals surface area contributed by atoms with Crippen LogP contribution in [0.25, 0.3) is 22.0 Å². The zero-order valence-electron chi connectivity index (χ0n) is 27.2. The Hall–Kier alpha value is -4.01. The van der Waals surface area contributed by atoms with E-state index >= 15 is 0 Å². The molecule has 242 valence electrons. The molecule has 0 saturated carbocycles. The first-order chi connectivity index (χ1) is 21.9. The minimum atomic E-state index is -3.87. The molecule has 1 saturated heterocycles. The SMILES string of the molecule is CC(=O)c1cccc(-c2c(C(=O)/C=C/CCCCC3CCOCC3)[nH]c3ccc(NS(=O)(=O)c4ccc(C(C)(C)C)cc4)cc23)c1. The Morgan fingerprint density at radius 2 is 1.72 bits per heavy atom. The molecule has 0 bridgehead atoms. The highest BCUT2D eigenvalue weighted by atomic mass is 32.2. The van der Waals surface area contributed by atoms with Gasteiger partial charge in [-0.2, -0.15) is 0 Å². The summed E-state index contributed by atoms with van der Waals surface area (Å²) < 4.78 is 34.9. The van der Waals surface area contributed by atoms with Crippen molar-refractivity contribution < 1.29 is 22.7 Å². The predicted octanol–water partition coefficient (Wildman–Crippen LogP) is 8.86. The molecule has 1 aromatic heterocycles. The lowest BCUT2D eigenvalue weighted by molar-refractivity contribution is 0.0632. The molecule has 0 amide bonds. The molecule has 0 atom stereocenters. The minimum absolute atomic E-state index is 0.0823. The van der Waals surface area contributed by atoms with Crippen LogP contribution in [0.4, 0.5) is 5.69 Å². The molecule has 7 nitrogen and oxygen atoms in total. The average Bonchev–Trinajstić information content (AvgIpc) is 3.41. The third-order valence-electron chi connectivity index (χ3n) is 8.73. The molecule has 2 heterocycles. The molecule has 5 rings (SSSR count). The Morgan fingerprint density at radius 1 is 0.978 bits per heavy atom. The van der Waals surface area contributed by atoms with E-state index in [9.17, 15) is 18.0 Å². The number of aromatic amines is 1. The van der Waals surface area contributed by atoms with E-state index in [1.165, 1.54) is 13.3 Å². The number of Topliss-reactive ketones (excluding diaryl/α,β-unsaturated/α-hetero) is 1. The van der Waals surface area contributed by atoms with Crippen molar-refractivity contribution in [2.24, 2.45) is 5.92 Å². The number of rotatable bonds is 12. The van der Waals surface area contributed by atoms with E-state index in [0.717, 1.165) is 56.8 Å². The highest BCUT2D eigenvalue weighted by Crippen LogP contribution is 2.36. The smallest absolute Gasteiger partial charge is 0.261 e. The van der Waals surface area contributed by atoms with Crippen molar-refractivity contribution in [3.05, 3.63) is 95.7 Å². The van der Waals surface area contributed by atoms with E-state index < -0.39 is 10.0 Å². The maximum atomic E-state index is 13.6. The fraction of sp³-hybridized carbons (Fsp3) is 0.368. The van der Waals surface area contributed by atoms with Gasteiger partial charge in [0.1, 0.15) is 0 Å². The molecule has 46 heavy (non-hydrogen) atoms. The van der Waals surface area contributed by atoms with Crippen LogP contribution in [0.15, 0.2) is 83.8 Å². The van der Waals surface area contributed by atoms with Crippen molar-refractivity contribution in [3.63, 3.8) is 0 Å². The summed E-state index contributed by atoms with van der Waals surface area (Å²) in [6, 6.07) is 19.3. The summed E-state index contributed by atoms with van der Waals surface area (Å²) in [5.41, 5.74) is 4.25. The van der Waals surface area contributed by atoms with E-state index in [2.05, 4.69) is 30.5 Å². The molecule has 0 spiro atoms. The van der Waals surface area contributed by atoms with Gasteiger partial charge in [0.2, 0.25) is 5.78 Å². The van der Waals surface area contributed by atoms with Gasteiger partial charge in [0.25, 0.3) is 10.0 Å². The number of benzene rings is 3. The highest BCUT2D eigenvalue weighted by Gasteiger charge is 2.22. The Morgan fingerprint density at radius 3 is 2.41 bits per heavy atom. The lowest BCUT2D eigenvalue weighted by Crippen LogP contribution is -2.15. The number of ether oxygens (including phenoxy) is 1. The van der Waals surface area contributed by atoms with Gasteiger partial charge in [0.05, 0.1) is 10.6 Å². The fourth-order valence-electron chi connectivity index (χ4n) is 5.99. The number of anilines is 1. The lowest BCUT2D eigenvalue weighted by atomic mass is 9.87. The van der Waals surface area contributed by atoms with E-state index in [4.69, 9.17) is 4.74 Å². The van der Waals surface area contributed by atoms with Crippen LogP contribution in [0, 0.1) is 5.92 Å². The maximum Gasteiger partial charge on any atom is 0.261 e. The molecule has 3 aromatic carbocycles. The normalized spacial score (nSPS) is 14.6. The van der Waals surface area contributed by atoms with Crippen molar-refractivity contribution in [2.75, 3.05) is 17.9 Å². The number of H-pyrrole nitrogens is 1. The van der Waals surface area contributed by atoms with Crippen LogP contribution in [0.1, 0.15) is 92.6 Å². The number of carbonyl (C=O) groups is 2.